The first-order valence-electron chi connectivity index (χ1n) is 9.04. The van der Waals surface area contributed by atoms with Gasteiger partial charge in [0.2, 0.25) is 0 Å². The number of hydrogen-bond acceptors (Lipinski definition) is 5. The predicted octanol–water partition coefficient (Wildman–Crippen LogP) is 4.01. The number of aromatic nitrogens is 4. The quantitative estimate of drug-likeness (QED) is 0.542. The van der Waals surface area contributed by atoms with Crippen molar-refractivity contribution >= 4 is 11.3 Å². The van der Waals surface area contributed by atoms with Gasteiger partial charge in [-0.3, -0.25) is 9.88 Å². The Hall–Kier alpha value is -2.83. The molecule has 6 heteroatoms. The van der Waals surface area contributed by atoms with Crippen molar-refractivity contribution in [2.24, 2.45) is 0 Å². The second kappa shape index (κ2) is 7.06. The van der Waals surface area contributed by atoms with Gasteiger partial charge in [0.25, 0.3) is 0 Å². The van der Waals surface area contributed by atoms with Crippen molar-refractivity contribution < 1.29 is 0 Å². The van der Waals surface area contributed by atoms with E-state index >= 15 is 0 Å². The number of pyridine rings is 1. The van der Waals surface area contributed by atoms with Crippen molar-refractivity contribution in [3.8, 4) is 11.4 Å². The Morgan fingerprint density at radius 2 is 1.85 bits per heavy atom. The minimum atomic E-state index is 0.241. The summed E-state index contributed by atoms with van der Waals surface area (Å²) in [6, 6.07) is 17.2. The molecule has 0 amide bonds. The van der Waals surface area contributed by atoms with Crippen molar-refractivity contribution in [3.05, 3.63) is 88.6 Å². The van der Waals surface area contributed by atoms with Crippen molar-refractivity contribution in [2.45, 2.75) is 19.1 Å². The number of benzene rings is 1. The van der Waals surface area contributed by atoms with Crippen LogP contribution in [0.3, 0.4) is 0 Å². The van der Waals surface area contributed by atoms with Gasteiger partial charge in [-0.1, -0.05) is 30.3 Å². The van der Waals surface area contributed by atoms with Gasteiger partial charge in [0.1, 0.15) is 5.82 Å². The smallest absolute Gasteiger partial charge is 0.165 e. The molecule has 4 heterocycles. The standard InChI is InChI=1S/C21H19N5S/c1-2-5-16(6-3-1)20(18-8-12-27-15-18)25-10-11-26-19(14-25)23-24-21(26)17-7-4-9-22-13-17/h1-9,12-13,15,20H,10-11,14H2. The largest absolute Gasteiger partial charge is 0.309 e. The lowest BCUT2D eigenvalue weighted by Gasteiger charge is -2.35. The van der Waals surface area contributed by atoms with E-state index in [0.29, 0.717) is 0 Å². The molecule has 4 aromatic rings. The van der Waals surface area contributed by atoms with Gasteiger partial charge in [-0.25, -0.2) is 0 Å². The fraction of sp³-hybridized carbons (Fsp3) is 0.190. The van der Waals surface area contributed by atoms with Gasteiger partial charge in [-0.15, -0.1) is 10.2 Å². The lowest BCUT2D eigenvalue weighted by molar-refractivity contribution is 0.176. The molecule has 0 aliphatic carbocycles. The Morgan fingerprint density at radius 3 is 2.63 bits per heavy atom. The molecule has 1 aliphatic rings. The van der Waals surface area contributed by atoms with Crippen LogP contribution in [0.1, 0.15) is 23.0 Å². The molecule has 1 aliphatic heterocycles. The Labute approximate surface area is 162 Å². The third-order valence-corrected chi connectivity index (χ3v) is 5.74. The van der Waals surface area contributed by atoms with E-state index in [1.807, 2.05) is 18.3 Å². The average molecular weight is 373 g/mol. The van der Waals surface area contributed by atoms with Gasteiger partial charge in [0, 0.05) is 31.0 Å². The van der Waals surface area contributed by atoms with E-state index in [1.54, 1.807) is 17.5 Å². The number of fused-ring (bicyclic) bond motifs is 1. The fourth-order valence-corrected chi connectivity index (χ4v) is 4.46. The minimum absolute atomic E-state index is 0.241. The Kier molecular flexibility index (Phi) is 4.27. The van der Waals surface area contributed by atoms with Gasteiger partial charge < -0.3 is 4.57 Å². The molecule has 0 radical (unpaired) electrons. The van der Waals surface area contributed by atoms with Gasteiger partial charge in [-0.05, 0) is 40.1 Å². The van der Waals surface area contributed by atoms with Crippen molar-refractivity contribution in [3.63, 3.8) is 0 Å². The lowest BCUT2D eigenvalue weighted by atomic mass is 9.99. The van der Waals surface area contributed by atoms with Crippen LogP contribution in [0.2, 0.25) is 0 Å². The van der Waals surface area contributed by atoms with Gasteiger partial charge in [0.05, 0.1) is 12.6 Å². The summed E-state index contributed by atoms with van der Waals surface area (Å²) in [6.45, 7) is 2.61. The Bertz CT molecular complexity index is 1010. The van der Waals surface area contributed by atoms with Crippen LogP contribution in [0.25, 0.3) is 11.4 Å². The molecule has 3 aromatic heterocycles. The summed E-state index contributed by atoms with van der Waals surface area (Å²) >= 11 is 1.75. The van der Waals surface area contributed by atoms with E-state index in [2.05, 4.69) is 71.8 Å². The molecule has 5 rings (SSSR count). The normalized spacial score (nSPS) is 15.4. The van der Waals surface area contributed by atoms with Crippen molar-refractivity contribution in [1.29, 1.82) is 0 Å². The van der Waals surface area contributed by atoms with Crippen molar-refractivity contribution in [2.75, 3.05) is 6.54 Å². The lowest BCUT2D eigenvalue weighted by Crippen LogP contribution is -2.37. The van der Waals surface area contributed by atoms with Gasteiger partial charge in [0.15, 0.2) is 5.82 Å². The predicted molar refractivity (Wildman–Crippen MR) is 106 cm³/mol. The summed E-state index contributed by atoms with van der Waals surface area (Å²) in [5, 5.41) is 13.3. The summed E-state index contributed by atoms with van der Waals surface area (Å²) in [5.74, 6) is 1.92. The summed E-state index contributed by atoms with van der Waals surface area (Å²) in [5.41, 5.74) is 3.67. The summed E-state index contributed by atoms with van der Waals surface area (Å²) in [6.07, 6.45) is 3.63. The third-order valence-electron chi connectivity index (χ3n) is 5.04. The molecule has 0 saturated carbocycles. The average Bonchev–Trinajstić information content (AvgIpc) is 3.40. The van der Waals surface area contributed by atoms with Crippen LogP contribution in [0.5, 0.6) is 0 Å². The maximum absolute atomic E-state index is 4.49. The highest BCUT2D eigenvalue weighted by Gasteiger charge is 2.29. The molecule has 0 saturated heterocycles. The van der Waals surface area contributed by atoms with Gasteiger partial charge in [-0.2, -0.15) is 11.3 Å². The van der Waals surface area contributed by atoms with Crippen LogP contribution in [0.4, 0.5) is 0 Å². The molecule has 0 spiro atoms. The molecule has 1 unspecified atom stereocenters. The molecule has 134 valence electrons. The zero-order chi connectivity index (χ0) is 18.1. The molecular weight excluding hydrogens is 354 g/mol. The van der Waals surface area contributed by atoms with E-state index in [4.69, 9.17) is 0 Å². The number of rotatable bonds is 4. The first-order valence-corrected chi connectivity index (χ1v) is 9.98. The topological polar surface area (TPSA) is 46.8 Å². The zero-order valence-electron chi connectivity index (χ0n) is 14.8. The summed E-state index contributed by atoms with van der Waals surface area (Å²) < 4.78 is 2.23. The highest BCUT2D eigenvalue weighted by atomic mass is 32.1. The molecule has 0 N–H and O–H groups in total. The first-order chi connectivity index (χ1) is 13.4. The number of nitrogens with zero attached hydrogens (tertiary/aromatic N) is 5. The second-order valence-electron chi connectivity index (χ2n) is 6.67. The van der Waals surface area contributed by atoms with E-state index in [1.165, 1.54) is 11.1 Å². The highest BCUT2D eigenvalue weighted by Crippen LogP contribution is 2.33. The van der Waals surface area contributed by atoms with Crippen LogP contribution in [0.15, 0.2) is 71.7 Å². The SMILES string of the molecule is c1ccc(C(c2ccsc2)N2CCn3c(nnc3-c3cccnc3)C2)cc1. The minimum Gasteiger partial charge on any atom is -0.309 e. The first kappa shape index (κ1) is 16.4. The molecular formula is C21H19N5S. The van der Waals surface area contributed by atoms with Crippen LogP contribution in [-0.4, -0.2) is 31.2 Å². The molecule has 1 atom stereocenters. The van der Waals surface area contributed by atoms with E-state index in [-0.39, 0.29) is 6.04 Å². The van der Waals surface area contributed by atoms with E-state index in [9.17, 15) is 0 Å². The van der Waals surface area contributed by atoms with Crippen LogP contribution >= 0.6 is 11.3 Å². The second-order valence-corrected chi connectivity index (χ2v) is 7.45. The molecule has 0 fully saturated rings. The van der Waals surface area contributed by atoms with E-state index < -0.39 is 0 Å². The zero-order valence-corrected chi connectivity index (χ0v) is 15.6. The number of thiophene rings is 1. The molecule has 0 bridgehead atoms. The fourth-order valence-electron chi connectivity index (χ4n) is 3.79. The van der Waals surface area contributed by atoms with Crippen LogP contribution < -0.4 is 0 Å². The molecule has 5 nitrogen and oxygen atoms in total. The van der Waals surface area contributed by atoms with Crippen LogP contribution in [-0.2, 0) is 13.1 Å². The van der Waals surface area contributed by atoms with Crippen molar-refractivity contribution in [1.82, 2.24) is 24.6 Å². The van der Waals surface area contributed by atoms with Gasteiger partial charge >= 0.3 is 0 Å². The molecule has 27 heavy (non-hydrogen) atoms. The monoisotopic (exact) mass is 373 g/mol. The maximum Gasteiger partial charge on any atom is 0.165 e. The highest BCUT2D eigenvalue weighted by molar-refractivity contribution is 7.08. The Morgan fingerprint density at radius 1 is 0.926 bits per heavy atom. The maximum atomic E-state index is 4.49. The summed E-state index contributed by atoms with van der Waals surface area (Å²) in [7, 11) is 0. The molecule has 1 aromatic carbocycles. The van der Waals surface area contributed by atoms with Crippen LogP contribution in [0, 0.1) is 0 Å². The Balaban J connectivity index is 1.48. The number of hydrogen-bond donors (Lipinski definition) is 0. The van der Waals surface area contributed by atoms with E-state index in [0.717, 1.165) is 36.8 Å². The third kappa shape index (κ3) is 3.07. The summed E-state index contributed by atoms with van der Waals surface area (Å²) in [4.78, 5) is 6.71.